The number of hydrogen-bond donors (Lipinski definition) is 1. The molecule has 0 aliphatic heterocycles. The minimum atomic E-state index is -0.738. The van der Waals surface area contributed by atoms with E-state index >= 15 is 0 Å². The number of nitrogens with one attached hydrogen (secondary N) is 1. The van der Waals surface area contributed by atoms with Gasteiger partial charge in [0.15, 0.2) is 0 Å². The van der Waals surface area contributed by atoms with Crippen molar-refractivity contribution in [1.29, 1.82) is 0 Å². The van der Waals surface area contributed by atoms with Crippen LogP contribution in [0.5, 0.6) is 0 Å². The highest BCUT2D eigenvalue weighted by atomic mass is 16.6. The fourth-order valence-electron chi connectivity index (χ4n) is 4.09. The Labute approximate surface area is 184 Å². The number of amides is 1. The smallest absolute Gasteiger partial charge is 0.407 e. The lowest BCUT2D eigenvalue weighted by molar-refractivity contribution is -0.144. The molecule has 2 atom stereocenters. The summed E-state index contributed by atoms with van der Waals surface area (Å²) in [6.45, 7) is 10.1. The van der Waals surface area contributed by atoms with Gasteiger partial charge in [-0.3, -0.25) is 4.79 Å². The summed E-state index contributed by atoms with van der Waals surface area (Å²) in [7, 11) is 1.42. The molecule has 1 heterocycles. The van der Waals surface area contributed by atoms with E-state index in [1.54, 1.807) is 6.33 Å². The van der Waals surface area contributed by atoms with Gasteiger partial charge in [-0.15, -0.1) is 0 Å². The Balaban J connectivity index is 1.71. The van der Waals surface area contributed by atoms with Crippen molar-refractivity contribution in [3.8, 4) is 5.69 Å². The minimum absolute atomic E-state index is 0.0921. The Morgan fingerprint density at radius 2 is 1.87 bits per heavy atom. The molecule has 1 aromatic heterocycles. The van der Waals surface area contributed by atoms with E-state index in [2.05, 4.69) is 24.1 Å². The summed E-state index contributed by atoms with van der Waals surface area (Å²) in [6, 6.07) is 9.87. The number of ether oxygens (including phenoxy) is 2. The highest BCUT2D eigenvalue weighted by Gasteiger charge is 2.64. The van der Waals surface area contributed by atoms with Crippen LogP contribution in [-0.2, 0) is 19.7 Å². The van der Waals surface area contributed by atoms with Crippen LogP contribution in [0.4, 0.5) is 4.79 Å². The second-order valence-electron chi connectivity index (χ2n) is 10.1. The molecule has 0 radical (unpaired) electrons. The number of imidazole rings is 1. The molecular formula is C24H33N3O4. The first-order valence-corrected chi connectivity index (χ1v) is 10.6. The van der Waals surface area contributed by atoms with Gasteiger partial charge in [0.05, 0.1) is 19.1 Å². The van der Waals surface area contributed by atoms with Crippen molar-refractivity contribution in [2.24, 2.45) is 11.3 Å². The van der Waals surface area contributed by atoms with E-state index in [0.29, 0.717) is 13.0 Å². The lowest BCUT2D eigenvalue weighted by Gasteiger charge is -2.27. The average molecular weight is 428 g/mol. The predicted octanol–water partition coefficient (Wildman–Crippen LogP) is 4.24. The van der Waals surface area contributed by atoms with Crippen molar-refractivity contribution in [3.05, 3.63) is 48.5 Å². The van der Waals surface area contributed by atoms with E-state index in [4.69, 9.17) is 9.47 Å². The molecule has 0 bridgehead atoms. The van der Waals surface area contributed by atoms with Crippen LogP contribution in [0.1, 0.15) is 53.2 Å². The Bertz CT molecular complexity index is 930. The maximum atomic E-state index is 12.8. The van der Waals surface area contributed by atoms with Gasteiger partial charge in [-0.05, 0) is 57.1 Å². The summed E-state index contributed by atoms with van der Waals surface area (Å²) in [6.07, 6.45) is 4.65. The molecule has 1 fully saturated rings. The third-order valence-electron chi connectivity index (χ3n) is 5.66. The molecule has 1 amide bonds. The van der Waals surface area contributed by atoms with E-state index in [9.17, 15) is 9.59 Å². The topological polar surface area (TPSA) is 82.5 Å². The van der Waals surface area contributed by atoms with E-state index < -0.39 is 17.1 Å². The van der Waals surface area contributed by atoms with Gasteiger partial charge in [-0.1, -0.05) is 32.0 Å². The number of carbonyl (C=O) groups is 2. The van der Waals surface area contributed by atoms with E-state index in [1.807, 2.05) is 61.9 Å². The number of methoxy groups -OCH3 is 1. The first-order chi connectivity index (χ1) is 14.5. The van der Waals surface area contributed by atoms with Crippen molar-refractivity contribution in [3.63, 3.8) is 0 Å². The number of para-hydroxylation sites is 1. The van der Waals surface area contributed by atoms with Crippen LogP contribution in [0.2, 0.25) is 0 Å². The third kappa shape index (κ3) is 5.27. The number of nitrogens with zero attached hydrogens (tertiary/aromatic N) is 2. The summed E-state index contributed by atoms with van der Waals surface area (Å²) in [5.74, 6) is -0.166. The fourth-order valence-corrected chi connectivity index (χ4v) is 4.09. The van der Waals surface area contributed by atoms with E-state index in [0.717, 1.165) is 17.8 Å². The van der Waals surface area contributed by atoms with Crippen LogP contribution in [0, 0.1) is 11.3 Å². The van der Waals surface area contributed by atoms with Crippen molar-refractivity contribution >= 4 is 12.1 Å². The van der Waals surface area contributed by atoms with Gasteiger partial charge in [-0.2, -0.15) is 0 Å². The van der Waals surface area contributed by atoms with Crippen LogP contribution < -0.4 is 5.32 Å². The standard InChI is InChI=1S/C24H33N3O4/c1-22(2,3)31-21(29)25-15-23(4,5)12-17-13-24(17,20(28)30-6)19-14-27(16-26-19)18-10-8-7-9-11-18/h7-11,14,16-17H,12-13,15H2,1-6H3,(H,25,29)/t17-,24?/m1/s1. The van der Waals surface area contributed by atoms with Crippen LogP contribution in [-0.4, -0.2) is 40.9 Å². The Morgan fingerprint density at radius 3 is 2.48 bits per heavy atom. The molecule has 0 saturated heterocycles. The van der Waals surface area contributed by atoms with Crippen molar-refractivity contribution in [2.45, 2.75) is 58.5 Å². The Kier molecular flexibility index (Phi) is 6.16. The van der Waals surface area contributed by atoms with Gasteiger partial charge in [0, 0.05) is 18.4 Å². The number of rotatable bonds is 7. The largest absolute Gasteiger partial charge is 0.468 e. The summed E-state index contributed by atoms with van der Waals surface area (Å²) < 4.78 is 12.4. The molecule has 1 unspecified atom stereocenters. The van der Waals surface area contributed by atoms with Crippen LogP contribution in [0.3, 0.4) is 0 Å². The molecule has 1 aromatic carbocycles. The molecule has 2 aromatic rings. The fraction of sp³-hybridized carbons (Fsp3) is 0.542. The number of aromatic nitrogens is 2. The van der Waals surface area contributed by atoms with Crippen LogP contribution in [0.25, 0.3) is 5.69 Å². The SMILES string of the molecule is COC(=O)C1(c2cn(-c3ccccc3)cn2)C[C@H]1CC(C)(C)CNC(=O)OC(C)(C)C. The normalized spacial score (nSPS) is 20.8. The predicted molar refractivity (Wildman–Crippen MR) is 118 cm³/mol. The highest BCUT2D eigenvalue weighted by Crippen LogP contribution is 2.58. The monoisotopic (exact) mass is 427 g/mol. The second-order valence-corrected chi connectivity index (χ2v) is 10.1. The van der Waals surface area contributed by atoms with Gasteiger partial charge in [0.25, 0.3) is 0 Å². The molecule has 7 nitrogen and oxygen atoms in total. The van der Waals surface area contributed by atoms with Gasteiger partial charge in [0.1, 0.15) is 11.0 Å². The molecule has 1 N–H and O–H groups in total. The molecular weight excluding hydrogens is 394 g/mol. The first-order valence-electron chi connectivity index (χ1n) is 10.6. The molecule has 0 spiro atoms. The molecule has 1 aliphatic carbocycles. The van der Waals surface area contributed by atoms with E-state index in [-0.39, 0.29) is 17.3 Å². The molecule has 31 heavy (non-hydrogen) atoms. The minimum Gasteiger partial charge on any atom is -0.468 e. The zero-order valence-corrected chi connectivity index (χ0v) is 19.3. The number of alkyl carbamates (subject to hydrolysis) is 1. The molecule has 7 heteroatoms. The first kappa shape index (κ1) is 22.8. The number of benzene rings is 1. The van der Waals surface area contributed by atoms with Gasteiger partial charge in [0.2, 0.25) is 0 Å². The van der Waals surface area contributed by atoms with Crippen molar-refractivity contribution in [1.82, 2.24) is 14.9 Å². The van der Waals surface area contributed by atoms with Gasteiger partial charge < -0.3 is 19.4 Å². The highest BCUT2D eigenvalue weighted by molar-refractivity contribution is 5.86. The Morgan fingerprint density at radius 1 is 1.19 bits per heavy atom. The zero-order chi connectivity index (χ0) is 22.9. The number of esters is 1. The quantitative estimate of drug-likeness (QED) is 0.668. The maximum absolute atomic E-state index is 12.8. The maximum Gasteiger partial charge on any atom is 0.407 e. The summed E-state index contributed by atoms with van der Waals surface area (Å²) >= 11 is 0. The lowest BCUT2D eigenvalue weighted by Crippen LogP contribution is -2.38. The summed E-state index contributed by atoms with van der Waals surface area (Å²) in [5.41, 5.74) is 0.212. The van der Waals surface area contributed by atoms with Crippen LogP contribution >= 0.6 is 0 Å². The van der Waals surface area contributed by atoms with Gasteiger partial charge in [-0.25, -0.2) is 9.78 Å². The molecule has 168 valence electrons. The summed E-state index contributed by atoms with van der Waals surface area (Å²) in [4.78, 5) is 29.4. The van der Waals surface area contributed by atoms with Gasteiger partial charge >= 0.3 is 12.1 Å². The lowest BCUT2D eigenvalue weighted by atomic mass is 9.84. The number of hydrogen-bond acceptors (Lipinski definition) is 5. The second kappa shape index (κ2) is 8.36. The van der Waals surface area contributed by atoms with Crippen molar-refractivity contribution < 1.29 is 19.1 Å². The third-order valence-corrected chi connectivity index (χ3v) is 5.66. The van der Waals surface area contributed by atoms with E-state index in [1.165, 1.54) is 7.11 Å². The van der Waals surface area contributed by atoms with Crippen LogP contribution in [0.15, 0.2) is 42.9 Å². The molecule has 3 rings (SSSR count). The Hall–Kier alpha value is -2.83. The average Bonchev–Trinajstić information content (AvgIpc) is 3.18. The summed E-state index contributed by atoms with van der Waals surface area (Å²) in [5, 5.41) is 2.85. The number of carbonyl (C=O) groups excluding carboxylic acids is 2. The molecule has 1 saturated carbocycles. The molecule has 1 aliphatic rings. The van der Waals surface area contributed by atoms with Crippen molar-refractivity contribution in [2.75, 3.05) is 13.7 Å². The zero-order valence-electron chi connectivity index (χ0n) is 19.3.